The lowest BCUT2D eigenvalue weighted by atomic mass is 9.96. The van der Waals surface area contributed by atoms with E-state index in [1.165, 1.54) is 6.92 Å². The van der Waals surface area contributed by atoms with Gasteiger partial charge < -0.3 is 23.7 Å². The highest BCUT2D eigenvalue weighted by Crippen LogP contribution is 2.39. The lowest BCUT2D eigenvalue weighted by Crippen LogP contribution is -2.52. The highest BCUT2D eigenvalue weighted by molar-refractivity contribution is 5.91. The molecule has 0 radical (unpaired) electrons. The first-order chi connectivity index (χ1) is 18.3. The summed E-state index contributed by atoms with van der Waals surface area (Å²) in [7, 11) is 0. The van der Waals surface area contributed by atoms with E-state index in [0.29, 0.717) is 5.56 Å². The summed E-state index contributed by atoms with van der Waals surface area (Å²) in [6, 6.07) is 24.6. The number of esters is 4. The van der Waals surface area contributed by atoms with Gasteiger partial charge >= 0.3 is 23.9 Å². The van der Waals surface area contributed by atoms with Crippen molar-refractivity contribution >= 4 is 23.9 Å². The number of hydrogen-bond donors (Lipinski definition) is 0. The van der Waals surface area contributed by atoms with Crippen molar-refractivity contribution in [2.75, 3.05) is 6.61 Å². The van der Waals surface area contributed by atoms with E-state index in [1.807, 2.05) is 0 Å². The molecular formula is C29H26O9. The standard InChI is InChI=1S/C29H26O9/c1-19(30)35-28-29(2,38-27(33)22-16-10-5-11-17-22)24(37-26(32)21-14-8-4-9-15-21)23(36-28)18-34-25(31)20-12-6-3-7-13-20/h3-17,23-24,28H,18H2,1-2H3/t23-,24?,28+,29?/m1/s1. The summed E-state index contributed by atoms with van der Waals surface area (Å²) in [5.74, 6) is -2.84. The molecule has 0 bridgehead atoms. The highest BCUT2D eigenvalue weighted by Gasteiger charge is 2.61. The second kappa shape index (κ2) is 11.7. The van der Waals surface area contributed by atoms with Crippen LogP contribution in [0, 0.1) is 0 Å². The number of carbonyl (C=O) groups excluding carboxylic acids is 4. The fourth-order valence-corrected chi connectivity index (χ4v) is 4.00. The maximum absolute atomic E-state index is 13.1. The van der Waals surface area contributed by atoms with Crippen molar-refractivity contribution < 1.29 is 42.9 Å². The van der Waals surface area contributed by atoms with Gasteiger partial charge in [0, 0.05) is 6.92 Å². The highest BCUT2D eigenvalue weighted by atomic mass is 16.8. The van der Waals surface area contributed by atoms with Gasteiger partial charge in [-0.3, -0.25) is 4.79 Å². The largest absolute Gasteiger partial charge is 0.459 e. The van der Waals surface area contributed by atoms with Crippen LogP contribution in [0.2, 0.25) is 0 Å². The Kier molecular flexibility index (Phi) is 8.18. The first-order valence-corrected chi connectivity index (χ1v) is 11.9. The molecular weight excluding hydrogens is 492 g/mol. The van der Waals surface area contributed by atoms with E-state index in [1.54, 1.807) is 91.0 Å². The molecule has 0 aromatic heterocycles. The molecule has 38 heavy (non-hydrogen) atoms. The van der Waals surface area contributed by atoms with Crippen molar-refractivity contribution in [3.63, 3.8) is 0 Å². The fraction of sp³-hybridized carbons (Fsp3) is 0.241. The maximum Gasteiger partial charge on any atom is 0.339 e. The molecule has 9 heteroatoms. The zero-order valence-corrected chi connectivity index (χ0v) is 20.8. The summed E-state index contributed by atoms with van der Waals surface area (Å²) >= 11 is 0. The molecule has 3 aromatic carbocycles. The molecule has 1 saturated heterocycles. The van der Waals surface area contributed by atoms with Crippen LogP contribution in [0.4, 0.5) is 0 Å². The molecule has 1 fully saturated rings. The van der Waals surface area contributed by atoms with Gasteiger partial charge in [0.15, 0.2) is 6.10 Å². The second-order valence-electron chi connectivity index (χ2n) is 8.71. The summed E-state index contributed by atoms with van der Waals surface area (Å²) < 4.78 is 28.2. The molecule has 2 unspecified atom stereocenters. The van der Waals surface area contributed by atoms with Crippen LogP contribution in [-0.2, 0) is 28.5 Å². The van der Waals surface area contributed by atoms with E-state index in [4.69, 9.17) is 23.7 Å². The average molecular weight is 519 g/mol. The molecule has 0 aliphatic carbocycles. The number of hydrogen-bond acceptors (Lipinski definition) is 9. The first-order valence-electron chi connectivity index (χ1n) is 11.9. The van der Waals surface area contributed by atoms with Crippen molar-refractivity contribution in [3.8, 4) is 0 Å². The lowest BCUT2D eigenvalue weighted by Gasteiger charge is -2.33. The lowest BCUT2D eigenvalue weighted by molar-refractivity contribution is -0.206. The van der Waals surface area contributed by atoms with Gasteiger partial charge in [0.05, 0.1) is 16.7 Å². The van der Waals surface area contributed by atoms with Gasteiger partial charge in [-0.15, -0.1) is 0 Å². The maximum atomic E-state index is 13.1. The van der Waals surface area contributed by atoms with Crippen molar-refractivity contribution in [1.29, 1.82) is 0 Å². The number of benzene rings is 3. The first kappa shape index (κ1) is 26.6. The molecule has 196 valence electrons. The van der Waals surface area contributed by atoms with Crippen LogP contribution in [-0.4, -0.2) is 54.6 Å². The monoisotopic (exact) mass is 518 g/mol. The normalized spacial score (nSPS) is 22.2. The minimum absolute atomic E-state index is 0.224. The van der Waals surface area contributed by atoms with E-state index in [-0.39, 0.29) is 17.7 Å². The Bertz CT molecular complexity index is 1280. The summed E-state index contributed by atoms with van der Waals surface area (Å²) in [4.78, 5) is 50.6. The Morgan fingerprint density at radius 3 is 1.68 bits per heavy atom. The molecule has 1 aliphatic heterocycles. The van der Waals surface area contributed by atoms with Gasteiger partial charge in [-0.2, -0.15) is 0 Å². The molecule has 1 aliphatic rings. The number of rotatable bonds is 8. The van der Waals surface area contributed by atoms with Gasteiger partial charge in [-0.25, -0.2) is 14.4 Å². The van der Waals surface area contributed by atoms with Crippen LogP contribution in [0.3, 0.4) is 0 Å². The van der Waals surface area contributed by atoms with Gasteiger partial charge in [0.25, 0.3) is 0 Å². The molecule has 1 heterocycles. The van der Waals surface area contributed by atoms with Gasteiger partial charge in [0.2, 0.25) is 11.9 Å². The van der Waals surface area contributed by atoms with Crippen LogP contribution >= 0.6 is 0 Å². The SMILES string of the molecule is CC(=O)O[C@H]1O[C@H](COC(=O)c2ccccc2)C(OC(=O)c2ccccc2)C1(C)OC(=O)c1ccccc1. The second-order valence-corrected chi connectivity index (χ2v) is 8.71. The molecule has 3 aromatic rings. The van der Waals surface area contributed by atoms with Crippen LogP contribution in [0.25, 0.3) is 0 Å². The minimum Gasteiger partial charge on any atom is -0.459 e. The molecule has 0 N–H and O–H groups in total. The van der Waals surface area contributed by atoms with Crippen LogP contribution in [0.5, 0.6) is 0 Å². The molecule has 0 spiro atoms. The Labute approximate surface area is 219 Å². The fourth-order valence-electron chi connectivity index (χ4n) is 4.00. The van der Waals surface area contributed by atoms with Crippen molar-refractivity contribution in [2.45, 2.75) is 37.9 Å². The van der Waals surface area contributed by atoms with Crippen molar-refractivity contribution in [2.24, 2.45) is 0 Å². The van der Waals surface area contributed by atoms with Crippen LogP contribution in [0.15, 0.2) is 91.0 Å². The molecule has 0 saturated carbocycles. The third kappa shape index (κ3) is 6.07. The molecule has 0 amide bonds. The van der Waals surface area contributed by atoms with Gasteiger partial charge in [-0.1, -0.05) is 54.6 Å². The predicted molar refractivity (Wildman–Crippen MR) is 133 cm³/mol. The molecule has 9 nitrogen and oxygen atoms in total. The van der Waals surface area contributed by atoms with Crippen LogP contribution in [0.1, 0.15) is 44.9 Å². The Balaban J connectivity index is 1.64. The molecule has 4 atom stereocenters. The van der Waals surface area contributed by atoms with Crippen molar-refractivity contribution in [1.82, 2.24) is 0 Å². The minimum atomic E-state index is -1.78. The van der Waals surface area contributed by atoms with E-state index >= 15 is 0 Å². The summed E-state index contributed by atoms with van der Waals surface area (Å²) in [5.41, 5.74) is -1.02. The summed E-state index contributed by atoms with van der Waals surface area (Å²) in [6.07, 6.45) is -3.90. The van der Waals surface area contributed by atoms with E-state index in [0.717, 1.165) is 6.92 Å². The smallest absolute Gasteiger partial charge is 0.339 e. The number of carbonyl (C=O) groups is 4. The third-order valence-electron chi connectivity index (χ3n) is 5.90. The van der Waals surface area contributed by atoms with E-state index in [9.17, 15) is 19.2 Å². The van der Waals surface area contributed by atoms with E-state index in [2.05, 4.69) is 0 Å². The van der Waals surface area contributed by atoms with Crippen LogP contribution < -0.4 is 0 Å². The topological polar surface area (TPSA) is 114 Å². The zero-order valence-electron chi connectivity index (χ0n) is 20.8. The Morgan fingerprint density at radius 2 is 1.18 bits per heavy atom. The van der Waals surface area contributed by atoms with Crippen molar-refractivity contribution in [3.05, 3.63) is 108 Å². The average Bonchev–Trinajstić information content (AvgIpc) is 3.17. The van der Waals surface area contributed by atoms with E-state index < -0.39 is 48.0 Å². The third-order valence-corrected chi connectivity index (χ3v) is 5.90. The van der Waals surface area contributed by atoms with Gasteiger partial charge in [-0.05, 0) is 43.3 Å². The summed E-state index contributed by atoms with van der Waals surface area (Å²) in [6.45, 7) is 2.22. The number of ether oxygens (including phenoxy) is 5. The quantitative estimate of drug-likeness (QED) is 0.323. The Morgan fingerprint density at radius 1 is 0.711 bits per heavy atom. The Hall–Kier alpha value is -4.50. The predicted octanol–water partition coefficient (Wildman–Crippen LogP) is 3.97. The zero-order chi connectivity index (χ0) is 27.1. The van der Waals surface area contributed by atoms with Gasteiger partial charge in [0.1, 0.15) is 12.7 Å². The summed E-state index contributed by atoms with van der Waals surface area (Å²) in [5, 5.41) is 0. The molecule has 4 rings (SSSR count).